The highest BCUT2D eigenvalue weighted by Crippen LogP contribution is 2.28. The van der Waals surface area contributed by atoms with Gasteiger partial charge in [-0.05, 0) is 48.7 Å². The lowest BCUT2D eigenvalue weighted by Crippen LogP contribution is -2.27. The van der Waals surface area contributed by atoms with E-state index in [0.29, 0.717) is 11.3 Å². The number of hydrogen-bond acceptors (Lipinski definition) is 2. The van der Waals surface area contributed by atoms with E-state index in [-0.39, 0.29) is 0 Å². The Labute approximate surface area is 123 Å². The maximum absolute atomic E-state index is 12.7. The second-order valence-corrected chi connectivity index (χ2v) is 7.23. The predicted octanol–water partition coefficient (Wildman–Crippen LogP) is 3.48. The fourth-order valence-corrected chi connectivity index (χ4v) is 4.68. The van der Waals surface area contributed by atoms with Gasteiger partial charge < -0.3 is 5.32 Å². The van der Waals surface area contributed by atoms with Crippen LogP contribution < -0.4 is 5.32 Å². The minimum atomic E-state index is -0.879. The van der Waals surface area contributed by atoms with Crippen molar-refractivity contribution in [3.05, 3.63) is 42.5 Å². The lowest BCUT2D eigenvalue weighted by atomic mass is 10.1. The molecule has 2 aromatic rings. The fourth-order valence-electron chi connectivity index (χ4n) is 3.09. The summed E-state index contributed by atoms with van der Waals surface area (Å²) in [5.41, 5.74) is 0. The van der Waals surface area contributed by atoms with Gasteiger partial charge in [-0.15, -0.1) is 0 Å². The van der Waals surface area contributed by atoms with Crippen molar-refractivity contribution in [3.63, 3.8) is 0 Å². The third-order valence-corrected chi connectivity index (χ3v) is 5.89. The molecule has 0 saturated heterocycles. The van der Waals surface area contributed by atoms with Crippen LogP contribution in [0.4, 0.5) is 0 Å². The molecule has 1 saturated carbocycles. The molecular formula is C17H21NOS. The van der Waals surface area contributed by atoms with Crippen molar-refractivity contribution in [1.82, 2.24) is 5.32 Å². The Morgan fingerprint density at radius 1 is 1.15 bits per heavy atom. The van der Waals surface area contributed by atoms with Crippen LogP contribution in [0, 0.1) is 0 Å². The molecule has 0 radical (unpaired) electrons. The van der Waals surface area contributed by atoms with Gasteiger partial charge in [0.2, 0.25) is 0 Å². The molecule has 0 aromatic heterocycles. The van der Waals surface area contributed by atoms with Gasteiger partial charge in [0.05, 0.1) is 10.8 Å². The van der Waals surface area contributed by atoms with E-state index in [2.05, 4.69) is 36.5 Å². The van der Waals surface area contributed by atoms with Gasteiger partial charge in [-0.1, -0.05) is 37.3 Å². The van der Waals surface area contributed by atoms with Gasteiger partial charge in [0.15, 0.2) is 0 Å². The molecule has 3 unspecified atom stereocenters. The molecule has 0 heterocycles. The monoisotopic (exact) mass is 287 g/mol. The van der Waals surface area contributed by atoms with Crippen LogP contribution in [0.15, 0.2) is 47.4 Å². The van der Waals surface area contributed by atoms with Crippen LogP contribution in [0.1, 0.15) is 26.2 Å². The van der Waals surface area contributed by atoms with Crippen LogP contribution in [0.25, 0.3) is 10.8 Å². The van der Waals surface area contributed by atoms with E-state index in [1.165, 1.54) is 10.8 Å². The minimum Gasteiger partial charge on any atom is -0.314 e. The van der Waals surface area contributed by atoms with Crippen molar-refractivity contribution in [3.8, 4) is 0 Å². The average Bonchev–Trinajstić information content (AvgIpc) is 2.95. The van der Waals surface area contributed by atoms with Crippen molar-refractivity contribution in [2.45, 2.75) is 42.4 Å². The van der Waals surface area contributed by atoms with E-state index < -0.39 is 10.8 Å². The van der Waals surface area contributed by atoms with Crippen molar-refractivity contribution in [2.24, 2.45) is 0 Å². The lowest BCUT2D eigenvalue weighted by molar-refractivity contribution is 0.542. The number of hydrogen-bond donors (Lipinski definition) is 1. The summed E-state index contributed by atoms with van der Waals surface area (Å²) in [5, 5.41) is 6.18. The molecule has 2 nitrogen and oxygen atoms in total. The first-order chi connectivity index (χ1) is 9.78. The first kappa shape index (κ1) is 13.8. The van der Waals surface area contributed by atoms with E-state index in [0.717, 1.165) is 30.7 Å². The normalized spacial score (nSPS) is 24.1. The second kappa shape index (κ2) is 6.06. The minimum absolute atomic E-state index is 0.306. The van der Waals surface area contributed by atoms with Gasteiger partial charge in [0.1, 0.15) is 0 Å². The molecule has 1 aliphatic carbocycles. The van der Waals surface area contributed by atoms with Gasteiger partial charge in [0.25, 0.3) is 0 Å². The highest BCUT2D eigenvalue weighted by atomic mass is 32.2. The predicted molar refractivity (Wildman–Crippen MR) is 85.5 cm³/mol. The number of nitrogens with one attached hydrogen (secondary N) is 1. The van der Waals surface area contributed by atoms with E-state index in [1.807, 2.05) is 18.2 Å². The maximum Gasteiger partial charge on any atom is 0.0561 e. The number of fused-ring (bicyclic) bond motifs is 1. The van der Waals surface area contributed by atoms with Crippen molar-refractivity contribution in [2.75, 3.05) is 6.54 Å². The van der Waals surface area contributed by atoms with Gasteiger partial charge in [-0.25, -0.2) is 0 Å². The zero-order chi connectivity index (χ0) is 13.9. The third kappa shape index (κ3) is 2.79. The molecule has 1 aliphatic rings. The average molecular weight is 287 g/mol. The third-order valence-electron chi connectivity index (χ3n) is 4.13. The van der Waals surface area contributed by atoms with Crippen LogP contribution in [0.2, 0.25) is 0 Å². The van der Waals surface area contributed by atoms with Crippen LogP contribution >= 0.6 is 0 Å². The van der Waals surface area contributed by atoms with E-state index in [1.54, 1.807) is 0 Å². The number of benzene rings is 2. The summed E-state index contributed by atoms with van der Waals surface area (Å²) in [6.07, 6.45) is 3.25. The molecule has 2 aromatic carbocycles. The van der Waals surface area contributed by atoms with Crippen LogP contribution in [0.3, 0.4) is 0 Å². The molecule has 3 rings (SSSR count). The molecule has 0 bridgehead atoms. The first-order valence-corrected chi connectivity index (χ1v) is 8.62. The van der Waals surface area contributed by atoms with Crippen molar-refractivity contribution < 1.29 is 4.21 Å². The molecule has 0 spiro atoms. The topological polar surface area (TPSA) is 29.1 Å². The van der Waals surface area contributed by atoms with Crippen LogP contribution in [0.5, 0.6) is 0 Å². The fraction of sp³-hybridized carbons (Fsp3) is 0.412. The largest absolute Gasteiger partial charge is 0.314 e. The maximum atomic E-state index is 12.7. The summed E-state index contributed by atoms with van der Waals surface area (Å²) >= 11 is 0. The Kier molecular flexibility index (Phi) is 4.18. The van der Waals surface area contributed by atoms with Crippen molar-refractivity contribution in [1.29, 1.82) is 0 Å². The highest BCUT2D eigenvalue weighted by Gasteiger charge is 2.29. The molecule has 3 atom stereocenters. The highest BCUT2D eigenvalue weighted by molar-refractivity contribution is 7.85. The number of rotatable bonds is 4. The summed E-state index contributed by atoms with van der Waals surface area (Å²) in [4.78, 5) is 0.978. The summed E-state index contributed by atoms with van der Waals surface area (Å²) in [7, 11) is -0.879. The Hall–Kier alpha value is -1.19. The van der Waals surface area contributed by atoms with Crippen LogP contribution in [-0.4, -0.2) is 22.0 Å². The Morgan fingerprint density at radius 3 is 2.75 bits per heavy atom. The molecule has 1 N–H and O–H groups in total. The second-order valence-electron chi connectivity index (χ2n) is 5.50. The summed E-state index contributed by atoms with van der Waals surface area (Å²) in [5.74, 6) is 0. The molecule has 0 aliphatic heterocycles. The van der Waals surface area contributed by atoms with Crippen molar-refractivity contribution >= 4 is 21.6 Å². The molecule has 20 heavy (non-hydrogen) atoms. The standard InChI is InChI=1S/C17H21NOS/c1-2-18-15-8-10-17(12-15)20(19)16-9-7-13-5-3-4-6-14(13)11-16/h3-7,9,11,15,17-18H,2,8,10,12H2,1H3. The first-order valence-electron chi connectivity index (χ1n) is 7.40. The quantitative estimate of drug-likeness (QED) is 0.933. The van der Waals surface area contributed by atoms with Gasteiger partial charge in [-0.2, -0.15) is 0 Å². The van der Waals surface area contributed by atoms with E-state index in [4.69, 9.17) is 0 Å². The SMILES string of the molecule is CCNC1CCC(S(=O)c2ccc3ccccc3c2)C1. The van der Waals surface area contributed by atoms with E-state index >= 15 is 0 Å². The summed E-state index contributed by atoms with van der Waals surface area (Å²) < 4.78 is 12.7. The molecule has 1 fully saturated rings. The van der Waals surface area contributed by atoms with Gasteiger partial charge in [-0.3, -0.25) is 4.21 Å². The molecule has 3 heteroatoms. The Bertz CT molecular complexity index is 625. The summed E-state index contributed by atoms with van der Waals surface area (Å²) in [6, 6.07) is 15.0. The summed E-state index contributed by atoms with van der Waals surface area (Å²) in [6.45, 7) is 3.13. The van der Waals surface area contributed by atoms with Gasteiger partial charge in [0, 0.05) is 16.2 Å². The van der Waals surface area contributed by atoms with Gasteiger partial charge >= 0.3 is 0 Å². The smallest absolute Gasteiger partial charge is 0.0561 e. The zero-order valence-electron chi connectivity index (χ0n) is 11.8. The Balaban J connectivity index is 1.79. The molecule has 0 amide bonds. The molecule has 106 valence electrons. The lowest BCUT2D eigenvalue weighted by Gasteiger charge is -2.12. The zero-order valence-corrected chi connectivity index (χ0v) is 12.7. The molecular weight excluding hydrogens is 266 g/mol. The van der Waals surface area contributed by atoms with Crippen LogP contribution in [-0.2, 0) is 10.8 Å². The Morgan fingerprint density at radius 2 is 1.95 bits per heavy atom. The van der Waals surface area contributed by atoms with E-state index in [9.17, 15) is 4.21 Å².